The molecule has 0 aromatic rings. The summed E-state index contributed by atoms with van der Waals surface area (Å²) >= 11 is 0. The van der Waals surface area contributed by atoms with E-state index in [-0.39, 0.29) is 43.7 Å². The Morgan fingerprint density at radius 1 is 1.40 bits per heavy atom. The van der Waals surface area contributed by atoms with Gasteiger partial charge in [0.2, 0.25) is 0 Å². The van der Waals surface area contributed by atoms with E-state index >= 15 is 0 Å². The van der Waals surface area contributed by atoms with Gasteiger partial charge < -0.3 is 4.74 Å². The van der Waals surface area contributed by atoms with E-state index in [9.17, 15) is 4.79 Å². The average molecular weight is 238 g/mol. The molecular formula is C12H22CaO2. The number of ether oxygens (including phenoxy) is 1. The van der Waals surface area contributed by atoms with Crippen LogP contribution in [0.4, 0.5) is 0 Å². The van der Waals surface area contributed by atoms with Crippen LogP contribution in [0.3, 0.4) is 0 Å². The molecule has 2 nitrogen and oxygen atoms in total. The molecule has 0 fully saturated rings. The van der Waals surface area contributed by atoms with Crippen molar-refractivity contribution in [2.24, 2.45) is 5.92 Å². The molecule has 0 saturated carbocycles. The molecule has 0 aromatic heterocycles. The SMILES string of the molecule is C=C(C)C(=O)OCC(CC)CCCC.[Ca]. The largest absolute Gasteiger partial charge is 0.462 e. The molecule has 15 heavy (non-hydrogen) atoms. The van der Waals surface area contributed by atoms with Crippen LogP contribution in [0, 0.1) is 5.92 Å². The van der Waals surface area contributed by atoms with Gasteiger partial charge in [0.1, 0.15) is 0 Å². The summed E-state index contributed by atoms with van der Waals surface area (Å²) in [5.74, 6) is 0.248. The van der Waals surface area contributed by atoms with E-state index in [2.05, 4.69) is 20.4 Å². The van der Waals surface area contributed by atoms with Gasteiger partial charge in [-0.1, -0.05) is 39.7 Å². The smallest absolute Gasteiger partial charge is 0.333 e. The van der Waals surface area contributed by atoms with Crippen LogP contribution in [-0.4, -0.2) is 50.3 Å². The number of hydrogen-bond acceptors (Lipinski definition) is 2. The zero-order valence-corrected chi connectivity index (χ0v) is 12.6. The second-order valence-electron chi connectivity index (χ2n) is 3.80. The van der Waals surface area contributed by atoms with Gasteiger partial charge in [0.15, 0.2) is 0 Å². The Morgan fingerprint density at radius 3 is 2.40 bits per heavy atom. The van der Waals surface area contributed by atoms with Crippen LogP contribution < -0.4 is 0 Å². The average Bonchev–Trinajstić information content (AvgIpc) is 2.17. The monoisotopic (exact) mass is 238 g/mol. The molecule has 0 N–H and O–H groups in total. The van der Waals surface area contributed by atoms with Gasteiger partial charge in [0.05, 0.1) is 6.61 Å². The van der Waals surface area contributed by atoms with Gasteiger partial charge >= 0.3 is 5.97 Å². The molecule has 0 bridgehead atoms. The first-order valence-electron chi connectivity index (χ1n) is 5.44. The van der Waals surface area contributed by atoms with Crippen molar-refractivity contribution in [2.75, 3.05) is 6.61 Å². The summed E-state index contributed by atoms with van der Waals surface area (Å²) in [6.45, 7) is 10.1. The first kappa shape index (κ1) is 17.9. The van der Waals surface area contributed by atoms with Crippen LogP contribution in [0.1, 0.15) is 46.5 Å². The van der Waals surface area contributed by atoms with Crippen LogP contribution in [0.5, 0.6) is 0 Å². The zero-order valence-electron chi connectivity index (χ0n) is 10.3. The van der Waals surface area contributed by atoms with E-state index in [0.717, 1.165) is 12.8 Å². The van der Waals surface area contributed by atoms with Crippen LogP contribution in [0.15, 0.2) is 12.2 Å². The standard InChI is InChI=1S/C12H22O2.Ca/c1-5-7-8-11(6-2)9-14-12(13)10(3)4;/h11H,3,5-9H2,1-2,4H3;. The molecule has 84 valence electrons. The normalized spacial score (nSPS) is 11.4. The maximum Gasteiger partial charge on any atom is 0.333 e. The van der Waals surface area contributed by atoms with Crippen molar-refractivity contribution < 1.29 is 9.53 Å². The van der Waals surface area contributed by atoms with E-state index in [1.165, 1.54) is 12.8 Å². The van der Waals surface area contributed by atoms with Crippen molar-refractivity contribution in [1.82, 2.24) is 0 Å². The van der Waals surface area contributed by atoms with Crippen molar-refractivity contribution >= 4 is 43.7 Å². The summed E-state index contributed by atoms with van der Waals surface area (Å²) < 4.78 is 5.12. The molecule has 1 unspecified atom stereocenters. The van der Waals surface area contributed by atoms with Gasteiger partial charge in [-0.3, -0.25) is 0 Å². The fourth-order valence-corrected chi connectivity index (χ4v) is 1.21. The molecule has 0 amide bonds. The molecule has 0 aliphatic rings. The van der Waals surface area contributed by atoms with Crippen LogP contribution in [-0.2, 0) is 9.53 Å². The zero-order chi connectivity index (χ0) is 11.0. The topological polar surface area (TPSA) is 26.3 Å². The van der Waals surface area contributed by atoms with Crippen LogP contribution in [0.25, 0.3) is 0 Å². The Bertz CT molecular complexity index is 190. The van der Waals surface area contributed by atoms with E-state index in [4.69, 9.17) is 4.74 Å². The van der Waals surface area contributed by atoms with E-state index in [1.807, 2.05) is 0 Å². The van der Waals surface area contributed by atoms with Crippen molar-refractivity contribution in [2.45, 2.75) is 46.5 Å². The third-order valence-electron chi connectivity index (χ3n) is 2.34. The molecule has 0 saturated heterocycles. The number of carbonyl (C=O) groups excluding carboxylic acids is 1. The number of rotatable bonds is 7. The van der Waals surface area contributed by atoms with Gasteiger partial charge in [-0.25, -0.2) is 4.79 Å². The van der Waals surface area contributed by atoms with Gasteiger partial charge in [0.25, 0.3) is 0 Å². The van der Waals surface area contributed by atoms with Gasteiger partial charge in [-0.05, 0) is 19.3 Å². The molecule has 0 aliphatic carbocycles. The van der Waals surface area contributed by atoms with Gasteiger partial charge in [-0.15, -0.1) is 0 Å². The third kappa shape index (κ3) is 9.40. The fourth-order valence-electron chi connectivity index (χ4n) is 1.21. The molecule has 0 aliphatic heterocycles. The van der Waals surface area contributed by atoms with Gasteiger partial charge in [-0.2, -0.15) is 0 Å². The number of carbonyl (C=O) groups is 1. The Balaban J connectivity index is 0. The maximum absolute atomic E-state index is 11.1. The summed E-state index contributed by atoms with van der Waals surface area (Å²) in [6.07, 6.45) is 4.63. The molecule has 0 rings (SSSR count). The summed E-state index contributed by atoms with van der Waals surface area (Å²) in [5.41, 5.74) is 0.482. The number of unbranched alkanes of at least 4 members (excludes halogenated alkanes) is 1. The summed E-state index contributed by atoms with van der Waals surface area (Å²) in [4.78, 5) is 11.1. The predicted molar refractivity (Wildman–Crippen MR) is 64.8 cm³/mol. The van der Waals surface area contributed by atoms with Crippen LogP contribution in [0.2, 0.25) is 0 Å². The van der Waals surface area contributed by atoms with Crippen LogP contribution >= 0.6 is 0 Å². The molecule has 0 heterocycles. The fraction of sp³-hybridized carbons (Fsp3) is 0.750. The minimum absolute atomic E-state index is 0. The third-order valence-corrected chi connectivity index (χ3v) is 2.34. The van der Waals surface area contributed by atoms with E-state index in [1.54, 1.807) is 6.92 Å². The molecular weight excluding hydrogens is 216 g/mol. The summed E-state index contributed by atoms with van der Waals surface area (Å²) in [7, 11) is 0. The molecule has 2 radical (unpaired) electrons. The second-order valence-corrected chi connectivity index (χ2v) is 3.80. The van der Waals surface area contributed by atoms with Crippen molar-refractivity contribution in [3.63, 3.8) is 0 Å². The van der Waals surface area contributed by atoms with Gasteiger partial charge in [0, 0.05) is 43.3 Å². The Kier molecular flexibility index (Phi) is 13.1. The molecule has 1 atom stereocenters. The van der Waals surface area contributed by atoms with Crippen molar-refractivity contribution in [1.29, 1.82) is 0 Å². The second kappa shape index (κ2) is 11.0. The Morgan fingerprint density at radius 2 is 2.00 bits per heavy atom. The van der Waals surface area contributed by atoms with Crippen molar-refractivity contribution in [3.05, 3.63) is 12.2 Å². The summed E-state index contributed by atoms with van der Waals surface area (Å²) in [6, 6.07) is 0. The number of hydrogen-bond donors (Lipinski definition) is 0. The predicted octanol–water partition coefficient (Wildman–Crippen LogP) is 2.94. The van der Waals surface area contributed by atoms with E-state index in [0.29, 0.717) is 18.1 Å². The first-order valence-corrected chi connectivity index (χ1v) is 5.44. The van der Waals surface area contributed by atoms with E-state index < -0.39 is 0 Å². The van der Waals surface area contributed by atoms with Crippen molar-refractivity contribution in [3.8, 4) is 0 Å². The number of esters is 1. The minimum Gasteiger partial charge on any atom is -0.462 e. The molecule has 3 heteroatoms. The quantitative estimate of drug-likeness (QED) is 0.387. The summed E-state index contributed by atoms with van der Waals surface area (Å²) in [5, 5.41) is 0. The Hall–Kier alpha value is 0.470. The first-order chi connectivity index (χ1) is 6.61. The maximum atomic E-state index is 11.1. The molecule has 0 spiro atoms. The molecule has 0 aromatic carbocycles. The Labute approximate surface area is 123 Å². The minimum atomic E-state index is -0.264.